The first kappa shape index (κ1) is 35.0. The van der Waals surface area contributed by atoms with Gasteiger partial charge in [-0.1, -0.05) is 95.0 Å². The molecular formula is C36H39Cl2N3O4S. The van der Waals surface area contributed by atoms with Gasteiger partial charge in [0.2, 0.25) is 11.8 Å². The van der Waals surface area contributed by atoms with Crippen molar-refractivity contribution in [1.29, 1.82) is 0 Å². The van der Waals surface area contributed by atoms with Crippen LogP contribution in [-0.2, 0) is 32.6 Å². The van der Waals surface area contributed by atoms with E-state index < -0.39 is 28.5 Å². The van der Waals surface area contributed by atoms with Crippen molar-refractivity contribution in [3.63, 3.8) is 0 Å². The summed E-state index contributed by atoms with van der Waals surface area (Å²) in [4.78, 5) is 29.9. The molecule has 242 valence electrons. The van der Waals surface area contributed by atoms with Crippen molar-refractivity contribution in [3.8, 4) is 0 Å². The zero-order valence-electron chi connectivity index (χ0n) is 26.6. The summed E-state index contributed by atoms with van der Waals surface area (Å²) in [5.41, 5.74) is 4.17. The highest BCUT2D eigenvalue weighted by Gasteiger charge is 2.35. The molecule has 0 saturated carbocycles. The molecule has 4 aromatic rings. The Bertz CT molecular complexity index is 1780. The minimum Gasteiger partial charge on any atom is -0.352 e. The standard InChI is InChI=1S/C36H39Cl2N3O4S/c1-24(2)39-36(43)34(21-28-10-7-6-8-11-28)40(22-30-31(37)12-9-13-32(30)38)35(42)23-41(33-19-16-26(4)20-27(33)5)46(44,45)29-17-14-25(3)15-18-29/h6-20,24,34H,21-23H2,1-5H3,(H,39,43)/t34-/m1/s1. The number of halogens is 2. The lowest BCUT2D eigenvalue weighted by Crippen LogP contribution is -2.54. The van der Waals surface area contributed by atoms with Crippen molar-refractivity contribution in [2.24, 2.45) is 0 Å². The molecule has 0 bridgehead atoms. The van der Waals surface area contributed by atoms with Gasteiger partial charge in [-0.25, -0.2) is 8.42 Å². The molecule has 0 aliphatic rings. The number of hydrogen-bond acceptors (Lipinski definition) is 4. The summed E-state index contributed by atoms with van der Waals surface area (Å²) in [7, 11) is -4.21. The molecule has 1 atom stereocenters. The molecule has 46 heavy (non-hydrogen) atoms. The van der Waals surface area contributed by atoms with Crippen molar-refractivity contribution >= 4 is 50.7 Å². The Morgan fingerprint density at radius 1 is 0.804 bits per heavy atom. The molecule has 2 amide bonds. The number of aryl methyl sites for hydroxylation is 3. The molecule has 0 spiro atoms. The van der Waals surface area contributed by atoms with Gasteiger partial charge in [-0.3, -0.25) is 13.9 Å². The molecule has 0 radical (unpaired) electrons. The van der Waals surface area contributed by atoms with E-state index in [0.717, 1.165) is 21.0 Å². The van der Waals surface area contributed by atoms with Gasteiger partial charge in [0.1, 0.15) is 12.6 Å². The molecule has 10 heteroatoms. The molecule has 0 fully saturated rings. The molecule has 1 N–H and O–H groups in total. The Morgan fingerprint density at radius 3 is 2.00 bits per heavy atom. The SMILES string of the molecule is Cc1ccc(S(=O)(=O)N(CC(=O)N(Cc2c(Cl)cccc2Cl)[C@H](Cc2ccccc2)C(=O)NC(C)C)c2ccc(C)cc2C)cc1. The van der Waals surface area contributed by atoms with Crippen molar-refractivity contribution < 1.29 is 18.0 Å². The Balaban J connectivity index is 1.86. The van der Waals surface area contributed by atoms with Crippen LogP contribution < -0.4 is 9.62 Å². The van der Waals surface area contributed by atoms with Crippen LogP contribution in [0.3, 0.4) is 0 Å². The number of anilines is 1. The first-order chi connectivity index (χ1) is 21.8. The molecule has 0 aliphatic carbocycles. The maximum atomic E-state index is 14.6. The van der Waals surface area contributed by atoms with Gasteiger partial charge >= 0.3 is 0 Å². The molecule has 7 nitrogen and oxygen atoms in total. The topological polar surface area (TPSA) is 86.8 Å². The van der Waals surface area contributed by atoms with Gasteiger partial charge in [-0.15, -0.1) is 0 Å². The van der Waals surface area contributed by atoms with Gasteiger partial charge in [0.05, 0.1) is 10.6 Å². The minimum absolute atomic E-state index is 0.0463. The second-order valence-electron chi connectivity index (χ2n) is 11.7. The van der Waals surface area contributed by atoms with Crippen molar-refractivity contribution in [1.82, 2.24) is 10.2 Å². The third kappa shape index (κ3) is 8.49. The highest BCUT2D eigenvalue weighted by atomic mass is 35.5. The second-order valence-corrected chi connectivity index (χ2v) is 14.4. The van der Waals surface area contributed by atoms with Crippen LogP contribution >= 0.6 is 23.2 Å². The number of carbonyl (C=O) groups is 2. The van der Waals surface area contributed by atoms with Crippen LogP contribution in [0.1, 0.15) is 41.7 Å². The molecule has 0 unspecified atom stereocenters. The monoisotopic (exact) mass is 679 g/mol. The lowest BCUT2D eigenvalue weighted by atomic mass is 10.0. The molecule has 0 aliphatic heterocycles. The number of sulfonamides is 1. The number of amides is 2. The van der Waals surface area contributed by atoms with E-state index in [1.54, 1.807) is 49.4 Å². The van der Waals surface area contributed by atoms with Crippen LogP contribution in [0.15, 0.2) is 95.9 Å². The van der Waals surface area contributed by atoms with E-state index in [-0.39, 0.29) is 29.8 Å². The maximum absolute atomic E-state index is 14.6. The Morgan fingerprint density at radius 2 is 1.41 bits per heavy atom. The number of nitrogens with zero attached hydrogens (tertiary/aromatic N) is 2. The number of rotatable bonds is 12. The lowest BCUT2D eigenvalue weighted by Gasteiger charge is -2.35. The predicted octanol–water partition coefficient (Wildman–Crippen LogP) is 7.28. The molecule has 4 rings (SSSR count). The summed E-state index contributed by atoms with van der Waals surface area (Å²) in [6.07, 6.45) is 0.182. The van der Waals surface area contributed by atoms with Crippen LogP contribution in [0.25, 0.3) is 0 Å². The van der Waals surface area contributed by atoms with Crippen molar-refractivity contribution in [3.05, 3.63) is 129 Å². The van der Waals surface area contributed by atoms with Gasteiger partial charge in [-0.2, -0.15) is 0 Å². The normalized spacial score (nSPS) is 12.1. The summed E-state index contributed by atoms with van der Waals surface area (Å²) in [6, 6.07) is 25.0. The molecular weight excluding hydrogens is 641 g/mol. The Kier molecular flexibility index (Phi) is 11.5. The average Bonchev–Trinajstić information content (AvgIpc) is 2.99. The van der Waals surface area contributed by atoms with E-state index >= 15 is 0 Å². The van der Waals surface area contributed by atoms with Crippen molar-refractivity contribution in [2.45, 2.75) is 64.6 Å². The molecule has 0 heterocycles. The number of hydrogen-bond donors (Lipinski definition) is 1. The quantitative estimate of drug-likeness (QED) is 0.171. The highest BCUT2D eigenvalue weighted by Crippen LogP contribution is 2.30. The third-order valence-electron chi connectivity index (χ3n) is 7.60. The summed E-state index contributed by atoms with van der Waals surface area (Å²) >= 11 is 13.2. The average molecular weight is 681 g/mol. The minimum atomic E-state index is -4.21. The first-order valence-electron chi connectivity index (χ1n) is 15.0. The zero-order chi connectivity index (χ0) is 33.6. The smallest absolute Gasteiger partial charge is 0.264 e. The van der Waals surface area contributed by atoms with Gasteiger partial charge < -0.3 is 10.2 Å². The first-order valence-corrected chi connectivity index (χ1v) is 17.2. The van der Waals surface area contributed by atoms with Gasteiger partial charge in [0.15, 0.2) is 0 Å². The van der Waals surface area contributed by atoms with E-state index in [1.807, 2.05) is 64.1 Å². The van der Waals surface area contributed by atoms with Crippen LogP contribution in [0.2, 0.25) is 10.0 Å². The Hall–Kier alpha value is -3.85. The van der Waals surface area contributed by atoms with Gasteiger partial charge in [0.25, 0.3) is 10.0 Å². The van der Waals surface area contributed by atoms with E-state index in [2.05, 4.69) is 5.32 Å². The van der Waals surface area contributed by atoms with E-state index in [1.165, 1.54) is 17.0 Å². The number of carbonyl (C=O) groups excluding carboxylic acids is 2. The highest BCUT2D eigenvalue weighted by molar-refractivity contribution is 7.92. The summed E-state index contributed by atoms with van der Waals surface area (Å²) in [6.45, 7) is 8.58. The maximum Gasteiger partial charge on any atom is 0.264 e. The molecule has 4 aromatic carbocycles. The van der Waals surface area contributed by atoms with E-state index in [9.17, 15) is 18.0 Å². The fourth-order valence-corrected chi connectivity index (χ4v) is 7.22. The summed E-state index contributed by atoms with van der Waals surface area (Å²) in [5.74, 6) is -0.971. The lowest BCUT2D eigenvalue weighted by molar-refractivity contribution is -0.140. The van der Waals surface area contributed by atoms with Gasteiger partial charge in [0, 0.05) is 34.6 Å². The molecule has 0 aromatic heterocycles. The Labute approximate surface area is 282 Å². The van der Waals surface area contributed by atoms with Crippen molar-refractivity contribution in [2.75, 3.05) is 10.8 Å². The fourth-order valence-electron chi connectivity index (χ4n) is 5.22. The number of nitrogens with one attached hydrogen (secondary N) is 1. The fraction of sp³-hybridized carbons (Fsp3) is 0.278. The third-order valence-corrected chi connectivity index (χ3v) is 10.1. The van der Waals surface area contributed by atoms with E-state index in [4.69, 9.17) is 23.2 Å². The van der Waals surface area contributed by atoms with Crippen LogP contribution in [0, 0.1) is 20.8 Å². The van der Waals surface area contributed by atoms with Crippen LogP contribution in [-0.4, -0.2) is 43.8 Å². The molecule has 0 saturated heterocycles. The summed E-state index contributed by atoms with van der Waals surface area (Å²) < 4.78 is 29.7. The largest absolute Gasteiger partial charge is 0.352 e. The van der Waals surface area contributed by atoms with E-state index in [0.29, 0.717) is 26.9 Å². The van der Waals surface area contributed by atoms with Gasteiger partial charge in [-0.05, 0) is 76.1 Å². The van der Waals surface area contributed by atoms with Crippen LogP contribution in [0.4, 0.5) is 5.69 Å². The summed E-state index contributed by atoms with van der Waals surface area (Å²) in [5, 5.41) is 3.60. The van der Waals surface area contributed by atoms with Crippen LogP contribution in [0.5, 0.6) is 0 Å². The zero-order valence-corrected chi connectivity index (χ0v) is 29.0. The predicted molar refractivity (Wildman–Crippen MR) is 186 cm³/mol. The number of benzene rings is 4. The second kappa shape index (κ2) is 15.2.